The van der Waals surface area contributed by atoms with E-state index in [1.165, 1.54) is 0 Å². The van der Waals surface area contributed by atoms with Crippen LogP contribution in [-0.2, 0) is 0 Å². The molecule has 2 aromatic rings. The van der Waals surface area contributed by atoms with Crippen LogP contribution in [0.3, 0.4) is 0 Å². The lowest BCUT2D eigenvalue weighted by Gasteiger charge is -2.18. The zero-order chi connectivity index (χ0) is 15.1. The minimum atomic E-state index is -0.224. The van der Waals surface area contributed by atoms with Crippen molar-refractivity contribution in [1.82, 2.24) is 0 Å². The van der Waals surface area contributed by atoms with Gasteiger partial charge in [0.25, 0.3) is 0 Å². The Morgan fingerprint density at radius 3 is 2.57 bits per heavy atom. The lowest BCUT2D eigenvalue weighted by Crippen LogP contribution is -2.14. The van der Waals surface area contributed by atoms with Gasteiger partial charge in [0.05, 0.1) is 19.3 Å². The summed E-state index contributed by atoms with van der Waals surface area (Å²) in [5.41, 5.74) is 8.44. The van der Waals surface area contributed by atoms with Crippen LogP contribution in [0.1, 0.15) is 37.4 Å². The monoisotopic (exact) mass is 285 g/mol. The molecule has 0 aromatic heterocycles. The van der Waals surface area contributed by atoms with E-state index in [9.17, 15) is 0 Å². The molecule has 0 aliphatic carbocycles. The Bertz CT molecular complexity index is 569. The molecular weight excluding hydrogens is 262 g/mol. The number of para-hydroxylation sites is 1. The highest BCUT2D eigenvalue weighted by atomic mass is 16.5. The molecule has 3 heteroatoms. The van der Waals surface area contributed by atoms with E-state index in [-0.39, 0.29) is 6.04 Å². The Morgan fingerprint density at radius 2 is 1.81 bits per heavy atom. The fourth-order valence-electron chi connectivity index (χ4n) is 2.22. The van der Waals surface area contributed by atoms with Crippen LogP contribution in [0.4, 0.5) is 0 Å². The average Bonchev–Trinajstić information content (AvgIpc) is 2.53. The summed E-state index contributed by atoms with van der Waals surface area (Å²) in [5.74, 6) is 1.70. The van der Waals surface area contributed by atoms with Gasteiger partial charge in [-0.1, -0.05) is 37.3 Å². The van der Waals surface area contributed by atoms with Crippen molar-refractivity contribution in [1.29, 1.82) is 0 Å². The van der Waals surface area contributed by atoms with Crippen molar-refractivity contribution in [2.75, 3.05) is 13.2 Å². The molecule has 0 radical (unpaired) electrons. The predicted octanol–water partition coefficient (Wildman–Crippen LogP) is 3.92. The van der Waals surface area contributed by atoms with Gasteiger partial charge in [-0.15, -0.1) is 0 Å². The highest BCUT2D eigenvalue weighted by Gasteiger charge is 2.14. The Kier molecular flexibility index (Phi) is 5.64. The molecule has 1 atom stereocenters. The van der Waals surface area contributed by atoms with E-state index in [0.717, 1.165) is 29.0 Å². The maximum absolute atomic E-state index is 6.42. The van der Waals surface area contributed by atoms with Crippen LogP contribution in [0.15, 0.2) is 48.5 Å². The zero-order valence-electron chi connectivity index (χ0n) is 12.7. The highest BCUT2D eigenvalue weighted by molar-refractivity contribution is 5.43. The number of rotatable bonds is 7. The van der Waals surface area contributed by atoms with Crippen molar-refractivity contribution < 1.29 is 9.47 Å². The van der Waals surface area contributed by atoms with Crippen molar-refractivity contribution in [2.45, 2.75) is 26.3 Å². The third-order valence-corrected chi connectivity index (χ3v) is 3.24. The molecule has 0 bridgehead atoms. The summed E-state index contributed by atoms with van der Waals surface area (Å²) in [6.45, 7) is 5.41. The first-order valence-electron chi connectivity index (χ1n) is 7.46. The lowest BCUT2D eigenvalue weighted by molar-refractivity contribution is 0.313. The van der Waals surface area contributed by atoms with Gasteiger partial charge in [-0.2, -0.15) is 0 Å². The number of nitrogens with two attached hydrogens (primary N) is 1. The molecule has 3 nitrogen and oxygen atoms in total. The number of benzene rings is 2. The maximum Gasteiger partial charge on any atom is 0.124 e. The fourth-order valence-corrected chi connectivity index (χ4v) is 2.22. The van der Waals surface area contributed by atoms with E-state index < -0.39 is 0 Å². The SMILES string of the molecule is CCCOc1ccccc1C(N)c1cccc(OCC)c1. The summed E-state index contributed by atoms with van der Waals surface area (Å²) < 4.78 is 11.3. The quantitative estimate of drug-likeness (QED) is 0.838. The maximum atomic E-state index is 6.42. The first-order chi connectivity index (χ1) is 10.3. The molecule has 0 heterocycles. The van der Waals surface area contributed by atoms with Gasteiger partial charge < -0.3 is 15.2 Å². The minimum absolute atomic E-state index is 0.224. The van der Waals surface area contributed by atoms with Crippen LogP contribution in [0.2, 0.25) is 0 Å². The van der Waals surface area contributed by atoms with Crippen molar-refractivity contribution >= 4 is 0 Å². The molecule has 2 rings (SSSR count). The zero-order valence-corrected chi connectivity index (χ0v) is 12.7. The van der Waals surface area contributed by atoms with Gasteiger partial charge in [-0.3, -0.25) is 0 Å². The van der Waals surface area contributed by atoms with E-state index in [2.05, 4.69) is 6.92 Å². The second kappa shape index (κ2) is 7.70. The van der Waals surface area contributed by atoms with Crippen LogP contribution < -0.4 is 15.2 Å². The summed E-state index contributed by atoms with van der Waals surface area (Å²) in [6.07, 6.45) is 0.976. The van der Waals surface area contributed by atoms with Gasteiger partial charge in [0, 0.05) is 5.56 Å². The van der Waals surface area contributed by atoms with Gasteiger partial charge in [0.15, 0.2) is 0 Å². The topological polar surface area (TPSA) is 44.5 Å². The van der Waals surface area contributed by atoms with Crippen LogP contribution in [0.25, 0.3) is 0 Å². The minimum Gasteiger partial charge on any atom is -0.494 e. The van der Waals surface area contributed by atoms with Gasteiger partial charge in [0.1, 0.15) is 11.5 Å². The Labute approximate surface area is 126 Å². The summed E-state index contributed by atoms with van der Waals surface area (Å²) in [5, 5.41) is 0. The molecule has 0 amide bonds. The molecule has 2 N–H and O–H groups in total. The molecule has 21 heavy (non-hydrogen) atoms. The summed E-state index contributed by atoms with van der Waals surface area (Å²) in [7, 11) is 0. The van der Waals surface area contributed by atoms with E-state index in [1.54, 1.807) is 0 Å². The molecule has 0 aliphatic heterocycles. The summed E-state index contributed by atoms with van der Waals surface area (Å²) in [4.78, 5) is 0. The molecule has 0 spiro atoms. The van der Waals surface area contributed by atoms with E-state index >= 15 is 0 Å². The van der Waals surface area contributed by atoms with E-state index in [0.29, 0.717) is 13.2 Å². The first kappa shape index (κ1) is 15.4. The lowest BCUT2D eigenvalue weighted by atomic mass is 9.98. The average molecular weight is 285 g/mol. The molecular formula is C18H23NO2. The predicted molar refractivity (Wildman–Crippen MR) is 85.9 cm³/mol. The molecule has 0 saturated carbocycles. The van der Waals surface area contributed by atoms with E-state index in [1.807, 2.05) is 55.5 Å². The fraction of sp³-hybridized carbons (Fsp3) is 0.333. The normalized spacial score (nSPS) is 12.0. The van der Waals surface area contributed by atoms with Crippen molar-refractivity contribution in [3.05, 3.63) is 59.7 Å². The highest BCUT2D eigenvalue weighted by Crippen LogP contribution is 2.29. The Balaban J connectivity index is 2.26. The van der Waals surface area contributed by atoms with Gasteiger partial charge in [-0.05, 0) is 37.1 Å². The summed E-state index contributed by atoms with van der Waals surface area (Å²) in [6, 6.07) is 15.6. The van der Waals surface area contributed by atoms with Crippen LogP contribution in [0.5, 0.6) is 11.5 Å². The molecule has 2 aromatic carbocycles. The smallest absolute Gasteiger partial charge is 0.124 e. The Hall–Kier alpha value is -2.00. The van der Waals surface area contributed by atoms with Gasteiger partial charge in [0.2, 0.25) is 0 Å². The molecule has 0 fully saturated rings. The third kappa shape index (κ3) is 3.99. The number of ether oxygens (including phenoxy) is 2. The number of hydrogen-bond donors (Lipinski definition) is 1. The third-order valence-electron chi connectivity index (χ3n) is 3.24. The molecule has 0 aliphatic rings. The van der Waals surface area contributed by atoms with Crippen molar-refractivity contribution in [3.8, 4) is 11.5 Å². The van der Waals surface area contributed by atoms with Crippen molar-refractivity contribution in [2.24, 2.45) is 5.73 Å². The summed E-state index contributed by atoms with van der Waals surface area (Å²) >= 11 is 0. The molecule has 1 unspecified atom stereocenters. The molecule has 0 saturated heterocycles. The van der Waals surface area contributed by atoms with Crippen LogP contribution >= 0.6 is 0 Å². The van der Waals surface area contributed by atoms with Crippen LogP contribution in [0, 0.1) is 0 Å². The standard InChI is InChI=1S/C18H23NO2/c1-3-12-21-17-11-6-5-10-16(17)18(19)14-8-7-9-15(13-14)20-4-2/h5-11,13,18H,3-4,12,19H2,1-2H3. The largest absolute Gasteiger partial charge is 0.494 e. The number of hydrogen-bond acceptors (Lipinski definition) is 3. The van der Waals surface area contributed by atoms with Crippen LogP contribution in [-0.4, -0.2) is 13.2 Å². The first-order valence-corrected chi connectivity index (χ1v) is 7.46. The molecule has 112 valence electrons. The van der Waals surface area contributed by atoms with Crippen molar-refractivity contribution in [3.63, 3.8) is 0 Å². The van der Waals surface area contributed by atoms with Gasteiger partial charge in [-0.25, -0.2) is 0 Å². The second-order valence-corrected chi connectivity index (χ2v) is 4.87. The van der Waals surface area contributed by atoms with E-state index in [4.69, 9.17) is 15.2 Å². The Morgan fingerprint density at radius 1 is 1.00 bits per heavy atom. The van der Waals surface area contributed by atoms with Gasteiger partial charge >= 0.3 is 0 Å². The second-order valence-electron chi connectivity index (χ2n) is 4.87.